The number of sulfonamides is 1. The first-order valence-electron chi connectivity index (χ1n) is 6.49. The number of nitrogens with zero attached hydrogens (tertiary/aromatic N) is 2. The topological polar surface area (TPSA) is 92.5 Å². The largest absolute Gasteiger partial charge is 0.313 e. The molecule has 0 unspecified atom stereocenters. The van der Waals surface area contributed by atoms with E-state index in [2.05, 4.69) is 5.32 Å². The van der Waals surface area contributed by atoms with Crippen LogP contribution in [0.25, 0.3) is 0 Å². The quantitative estimate of drug-likeness (QED) is 0.638. The molecule has 7 nitrogen and oxygen atoms in total. The van der Waals surface area contributed by atoms with Crippen LogP contribution in [0.15, 0.2) is 29.2 Å². The summed E-state index contributed by atoms with van der Waals surface area (Å²) < 4.78 is 27.0. The van der Waals surface area contributed by atoms with Gasteiger partial charge in [-0.15, -0.1) is 0 Å². The second kappa shape index (κ2) is 4.80. The molecule has 1 saturated carbocycles. The number of nitro benzene ring substituents is 1. The fourth-order valence-electron chi connectivity index (χ4n) is 2.41. The third kappa shape index (κ3) is 2.19. The van der Waals surface area contributed by atoms with Gasteiger partial charge in [0.15, 0.2) is 4.90 Å². The van der Waals surface area contributed by atoms with Crippen LogP contribution >= 0.6 is 0 Å². The van der Waals surface area contributed by atoms with Crippen molar-refractivity contribution in [2.75, 3.05) is 13.1 Å². The molecular weight excluding hydrogens is 282 g/mol. The van der Waals surface area contributed by atoms with Gasteiger partial charge in [0.1, 0.15) is 0 Å². The highest BCUT2D eigenvalue weighted by molar-refractivity contribution is 7.89. The number of para-hydroxylation sites is 1. The molecule has 20 heavy (non-hydrogen) atoms. The van der Waals surface area contributed by atoms with Crippen LogP contribution in [0.5, 0.6) is 0 Å². The van der Waals surface area contributed by atoms with Crippen LogP contribution in [0.4, 0.5) is 5.69 Å². The lowest BCUT2D eigenvalue weighted by Crippen LogP contribution is -2.59. The fourth-order valence-corrected chi connectivity index (χ4v) is 4.44. The molecule has 1 heterocycles. The maximum Gasteiger partial charge on any atom is 0.289 e. The Morgan fingerprint density at radius 1 is 1.20 bits per heavy atom. The minimum atomic E-state index is -3.82. The summed E-state index contributed by atoms with van der Waals surface area (Å²) in [5.41, 5.74) is -0.356. The van der Waals surface area contributed by atoms with Crippen molar-refractivity contribution < 1.29 is 13.3 Å². The monoisotopic (exact) mass is 297 g/mol. The minimum absolute atomic E-state index is 0.00749. The first-order chi connectivity index (χ1) is 9.51. The summed E-state index contributed by atoms with van der Waals surface area (Å²) in [6, 6.07) is 5.44. The molecule has 0 bridgehead atoms. The molecule has 1 aliphatic heterocycles. The van der Waals surface area contributed by atoms with E-state index in [4.69, 9.17) is 0 Å². The molecule has 2 fully saturated rings. The van der Waals surface area contributed by atoms with Crippen molar-refractivity contribution in [2.45, 2.75) is 29.8 Å². The molecule has 3 rings (SSSR count). The lowest BCUT2D eigenvalue weighted by atomic mass is 10.2. The lowest BCUT2D eigenvalue weighted by molar-refractivity contribution is -0.387. The summed E-state index contributed by atoms with van der Waals surface area (Å²) in [6.45, 7) is 1.22. The van der Waals surface area contributed by atoms with Crippen LogP contribution < -0.4 is 5.32 Å². The predicted octanol–water partition coefficient (Wildman–Crippen LogP) is 0.720. The SMILES string of the molecule is O=[N+]([O-])c1ccccc1S(=O)(=O)N(C1CC1)C1CNC1. The Balaban J connectivity index is 2.04. The smallest absolute Gasteiger partial charge is 0.289 e. The van der Waals surface area contributed by atoms with Crippen molar-refractivity contribution in [3.63, 3.8) is 0 Å². The Morgan fingerprint density at radius 2 is 1.85 bits per heavy atom. The van der Waals surface area contributed by atoms with Gasteiger partial charge >= 0.3 is 0 Å². The molecule has 1 aliphatic carbocycles. The normalized spacial score (nSPS) is 19.9. The number of hydrogen-bond donors (Lipinski definition) is 1. The Bertz CT molecular complexity index is 638. The summed E-state index contributed by atoms with van der Waals surface area (Å²) in [4.78, 5) is 10.2. The highest BCUT2D eigenvalue weighted by atomic mass is 32.2. The van der Waals surface area contributed by atoms with E-state index >= 15 is 0 Å². The third-order valence-corrected chi connectivity index (χ3v) is 5.70. The van der Waals surface area contributed by atoms with Gasteiger partial charge in [0, 0.05) is 25.2 Å². The highest BCUT2D eigenvalue weighted by Crippen LogP contribution is 2.37. The molecule has 0 aromatic heterocycles. The molecule has 0 spiro atoms. The molecule has 1 aromatic rings. The van der Waals surface area contributed by atoms with Crippen LogP contribution in [0, 0.1) is 10.1 Å². The van der Waals surface area contributed by atoms with Crippen molar-refractivity contribution in [2.24, 2.45) is 0 Å². The van der Waals surface area contributed by atoms with Gasteiger partial charge < -0.3 is 5.32 Å². The number of hydrogen-bond acceptors (Lipinski definition) is 5. The van der Waals surface area contributed by atoms with Crippen LogP contribution in [-0.2, 0) is 10.0 Å². The summed E-state index contributed by atoms with van der Waals surface area (Å²) in [5, 5.41) is 14.1. The zero-order valence-corrected chi connectivity index (χ0v) is 11.5. The molecule has 0 amide bonds. The van der Waals surface area contributed by atoms with Crippen molar-refractivity contribution in [1.29, 1.82) is 0 Å². The van der Waals surface area contributed by atoms with Crippen molar-refractivity contribution >= 4 is 15.7 Å². The van der Waals surface area contributed by atoms with Gasteiger partial charge in [-0.05, 0) is 18.9 Å². The maximum absolute atomic E-state index is 12.8. The molecule has 2 aliphatic rings. The van der Waals surface area contributed by atoms with Gasteiger partial charge in [-0.3, -0.25) is 10.1 Å². The lowest BCUT2D eigenvalue weighted by Gasteiger charge is -2.37. The molecular formula is C12H15N3O4S. The molecule has 8 heteroatoms. The summed E-state index contributed by atoms with van der Waals surface area (Å²) in [7, 11) is -3.82. The molecule has 1 aromatic carbocycles. The summed E-state index contributed by atoms with van der Waals surface area (Å²) in [5.74, 6) is 0. The van der Waals surface area contributed by atoms with Crippen LogP contribution in [-0.4, -0.2) is 42.8 Å². The van der Waals surface area contributed by atoms with E-state index in [1.54, 1.807) is 0 Å². The van der Waals surface area contributed by atoms with Crippen LogP contribution in [0.3, 0.4) is 0 Å². The van der Waals surface area contributed by atoms with Gasteiger partial charge in [-0.25, -0.2) is 8.42 Å². The van der Waals surface area contributed by atoms with Crippen molar-refractivity contribution in [3.05, 3.63) is 34.4 Å². The van der Waals surface area contributed by atoms with E-state index in [9.17, 15) is 18.5 Å². The van der Waals surface area contributed by atoms with E-state index in [1.807, 2.05) is 0 Å². The zero-order chi connectivity index (χ0) is 14.3. The van der Waals surface area contributed by atoms with E-state index < -0.39 is 14.9 Å². The molecule has 0 atom stereocenters. The summed E-state index contributed by atoms with van der Waals surface area (Å²) in [6.07, 6.45) is 1.66. The van der Waals surface area contributed by atoms with Gasteiger partial charge in [-0.1, -0.05) is 12.1 Å². The van der Waals surface area contributed by atoms with E-state index in [1.165, 1.54) is 28.6 Å². The second-order valence-electron chi connectivity index (χ2n) is 5.10. The zero-order valence-electron chi connectivity index (χ0n) is 10.7. The molecule has 108 valence electrons. The number of benzene rings is 1. The number of rotatable bonds is 5. The molecule has 1 N–H and O–H groups in total. The first kappa shape index (κ1) is 13.5. The van der Waals surface area contributed by atoms with E-state index in [-0.39, 0.29) is 22.7 Å². The van der Waals surface area contributed by atoms with Gasteiger partial charge in [0.05, 0.1) is 11.0 Å². The highest BCUT2D eigenvalue weighted by Gasteiger charge is 2.46. The second-order valence-corrected chi connectivity index (χ2v) is 6.91. The average molecular weight is 297 g/mol. The average Bonchev–Trinajstić information content (AvgIpc) is 3.17. The Hall–Kier alpha value is -1.51. The standard InChI is InChI=1S/C12H15N3O4S/c16-15(17)11-3-1-2-4-12(11)20(18,19)14(9-5-6-9)10-7-13-8-10/h1-4,9-10,13H,5-8H2. The van der Waals surface area contributed by atoms with Gasteiger partial charge in [0.2, 0.25) is 0 Å². The third-order valence-electron chi connectivity index (χ3n) is 3.64. The molecule has 1 saturated heterocycles. The van der Waals surface area contributed by atoms with Crippen LogP contribution in [0.2, 0.25) is 0 Å². The Kier molecular flexibility index (Phi) is 3.23. The molecule has 0 radical (unpaired) electrons. The Labute approximate surface area is 116 Å². The van der Waals surface area contributed by atoms with Crippen molar-refractivity contribution in [1.82, 2.24) is 9.62 Å². The minimum Gasteiger partial charge on any atom is -0.313 e. The number of nitro groups is 1. The maximum atomic E-state index is 12.8. The van der Waals surface area contributed by atoms with E-state index in [0.717, 1.165) is 12.8 Å². The Morgan fingerprint density at radius 3 is 2.35 bits per heavy atom. The predicted molar refractivity (Wildman–Crippen MR) is 71.8 cm³/mol. The summed E-state index contributed by atoms with van der Waals surface area (Å²) >= 11 is 0. The van der Waals surface area contributed by atoms with Crippen molar-refractivity contribution in [3.8, 4) is 0 Å². The van der Waals surface area contributed by atoms with E-state index in [0.29, 0.717) is 13.1 Å². The van der Waals surface area contributed by atoms with Crippen LogP contribution in [0.1, 0.15) is 12.8 Å². The van der Waals surface area contributed by atoms with Gasteiger partial charge in [0.25, 0.3) is 15.7 Å². The number of nitrogens with one attached hydrogen (secondary N) is 1. The fraction of sp³-hybridized carbons (Fsp3) is 0.500. The first-order valence-corrected chi connectivity index (χ1v) is 7.93. The van der Waals surface area contributed by atoms with Gasteiger partial charge in [-0.2, -0.15) is 4.31 Å².